The molecule has 3 rings (SSSR count). The van der Waals surface area contributed by atoms with Gasteiger partial charge in [0.2, 0.25) is 0 Å². The summed E-state index contributed by atoms with van der Waals surface area (Å²) in [6.45, 7) is 2.80. The Morgan fingerprint density at radius 3 is 2.65 bits per heavy atom. The molecule has 0 unspecified atom stereocenters. The summed E-state index contributed by atoms with van der Waals surface area (Å²) in [6, 6.07) is 13.3. The average molecular weight is 351 g/mol. The normalized spacial score (nSPS) is 19.8. The number of nitrogens with one attached hydrogen (secondary N) is 2. The van der Waals surface area contributed by atoms with Crippen LogP contribution in [0.15, 0.2) is 69.8 Å². The minimum atomic E-state index is -1.04. The van der Waals surface area contributed by atoms with Gasteiger partial charge in [-0.2, -0.15) is 0 Å². The lowest BCUT2D eigenvalue weighted by molar-refractivity contribution is -0.133. The van der Waals surface area contributed by atoms with Crippen molar-refractivity contribution in [2.24, 2.45) is 10.4 Å². The molecule has 0 spiro atoms. The van der Waals surface area contributed by atoms with Gasteiger partial charge < -0.3 is 14.8 Å². The number of furan rings is 1. The fraction of sp³-hybridized carbons (Fsp3) is 0.250. The molecule has 0 saturated carbocycles. The van der Waals surface area contributed by atoms with Gasteiger partial charge in [0.1, 0.15) is 11.5 Å². The molecule has 0 aliphatic carbocycles. The number of aliphatic imine (C=N–C) groups is 1. The molecule has 3 N–H and O–H groups in total. The molecule has 0 radical (unpaired) electrons. The van der Waals surface area contributed by atoms with E-state index < -0.39 is 11.4 Å². The van der Waals surface area contributed by atoms with E-state index in [-0.39, 0.29) is 11.4 Å². The van der Waals surface area contributed by atoms with E-state index in [0.717, 1.165) is 5.56 Å². The SMILES string of the molecule is CC[C@]1(CNCc2ccccc2)C(=N)N=C(c2ccco2)C=C1C(=O)O. The van der Waals surface area contributed by atoms with Crippen LogP contribution in [-0.4, -0.2) is 29.2 Å². The molecule has 2 heterocycles. The Labute approximate surface area is 151 Å². The molecule has 1 aliphatic heterocycles. The van der Waals surface area contributed by atoms with Gasteiger partial charge in [0.15, 0.2) is 5.76 Å². The summed E-state index contributed by atoms with van der Waals surface area (Å²) in [5, 5.41) is 21.5. The van der Waals surface area contributed by atoms with Crippen molar-refractivity contribution in [3.8, 4) is 0 Å². The predicted molar refractivity (Wildman–Crippen MR) is 99.6 cm³/mol. The Bertz CT molecular complexity index is 854. The molecular formula is C20H21N3O3. The van der Waals surface area contributed by atoms with E-state index >= 15 is 0 Å². The summed E-state index contributed by atoms with van der Waals surface area (Å²) < 4.78 is 5.31. The zero-order valence-corrected chi connectivity index (χ0v) is 14.5. The Morgan fingerprint density at radius 1 is 1.27 bits per heavy atom. The summed E-state index contributed by atoms with van der Waals surface area (Å²) >= 11 is 0. The van der Waals surface area contributed by atoms with Crippen LogP contribution in [0.3, 0.4) is 0 Å². The molecule has 0 amide bonds. The fourth-order valence-corrected chi connectivity index (χ4v) is 3.16. The Kier molecular flexibility index (Phi) is 5.14. The second kappa shape index (κ2) is 7.49. The van der Waals surface area contributed by atoms with Crippen molar-refractivity contribution in [1.82, 2.24) is 5.32 Å². The molecule has 1 atom stereocenters. The first-order chi connectivity index (χ1) is 12.6. The number of rotatable bonds is 7. The standard InChI is InChI=1S/C20H21N3O3/c1-2-20(13-22-12-14-7-4-3-5-8-14)15(18(24)25)11-16(23-19(20)21)17-9-6-10-26-17/h3-11,21-22H,2,12-13H2,1H3,(H,24,25)/t20-/m1/s1. The number of amidine groups is 1. The first kappa shape index (κ1) is 17.8. The number of carboxylic acids is 1. The molecule has 0 bridgehead atoms. The number of carbonyl (C=O) groups is 1. The summed E-state index contributed by atoms with van der Waals surface area (Å²) in [5.74, 6) is -0.556. The first-order valence-electron chi connectivity index (χ1n) is 8.48. The monoisotopic (exact) mass is 351 g/mol. The van der Waals surface area contributed by atoms with Crippen molar-refractivity contribution in [2.75, 3.05) is 6.54 Å². The highest BCUT2D eigenvalue weighted by Crippen LogP contribution is 2.36. The number of carboxylic acid groups (broad SMARTS) is 1. The molecule has 134 valence electrons. The Balaban J connectivity index is 1.86. The van der Waals surface area contributed by atoms with E-state index in [2.05, 4.69) is 10.3 Å². The zero-order valence-electron chi connectivity index (χ0n) is 14.5. The van der Waals surface area contributed by atoms with E-state index in [1.807, 2.05) is 37.3 Å². The minimum Gasteiger partial charge on any atom is -0.478 e. The number of aliphatic carboxylic acids is 1. The van der Waals surface area contributed by atoms with Crippen LogP contribution in [-0.2, 0) is 11.3 Å². The molecule has 1 aromatic heterocycles. The van der Waals surface area contributed by atoms with Crippen molar-refractivity contribution < 1.29 is 14.3 Å². The third-order valence-corrected chi connectivity index (χ3v) is 4.69. The third-order valence-electron chi connectivity index (χ3n) is 4.69. The van der Waals surface area contributed by atoms with Crippen molar-refractivity contribution in [3.63, 3.8) is 0 Å². The summed E-state index contributed by atoms with van der Waals surface area (Å²) in [6.07, 6.45) is 3.48. The van der Waals surface area contributed by atoms with Gasteiger partial charge in [-0.05, 0) is 30.2 Å². The topological polar surface area (TPSA) is 98.7 Å². The highest BCUT2D eigenvalue weighted by atomic mass is 16.4. The third kappa shape index (κ3) is 3.36. The number of nitrogens with zero attached hydrogens (tertiary/aromatic N) is 1. The van der Waals surface area contributed by atoms with E-state index in [1.165, 1.54) is 12.3 Å². The van der Waals surface area contributed by atoms with Gasteiger partial charge >= 0.3 is 5.97 Å². The van der Waals surface area contributed by atoms with Gasteiger partial charge in [0.05, 0.1) is 17.3 Å². The summed E-state index contributed by atoms with van der Waals surface area (Å²) in [7, 11) is 0. The minimum absolute atomic E-state index is 0.0341. The van der Waals surface area contributed by atoms with Gasteiger partial charge in [-0.1, -0.05) is 37.3 Å². The van der Waals surface area contributed by atoms with E-state index in [4.69, 9.17) is 9.83 Å². The number of benzene rings is 1. The van der Waals surface area contributed by atoms with Crippen LogP contribution < -0.4 is 5.32 Å². The van der Waals surface area contributed by atoms with Crippen molar-refractivity contribution in [2.45, 2.75) is 19.9 Å². The second-order valence-corrected chi connectivity index (χ2v) is 6.21. The number of hydrogen-bond acceptors (Lipinski definition) is 4. The molecule has 0 fully saturated rings. The van der Waals surface area contributed by atoms with Gasteiger partial charge in [0.25, 0.3) is 0 Å². The van der Waals surface area contributed by atoms with Crippen LogP contribution in [0.4, 0.5) is 0 Å². The smallest absolute Gasteiger partial charge is 0.332 e. The van der Waals surface area contributed by atoms with Crippen molar-refractivity contribution in [3.05, 3.63) is 71.7 Å². The lowest BCUT2D eigenvalue weighted by Crippen LogP contribution is -2.45. The molecule has 6 heteroatoms. The van der Waals surface area contributed by atoms with E-state index in [9.17, 15) is 9.90 Å². The largest absolute Gasteiger partial charge is 0.478 e. The Morgan fingerprint density at radius 2 is 2.04 bits per heavy atom. The second-order valence-electron chi connectivity index (χ2n) is 6.21. The molecule has 0 saturated heterocycles. The van der Waals surface area contributed by atoms with Gasteiger partial charge in [-0.15, -0.1) is 0 Å². The molecule has 6 nitrogen and oxygen atoms in total. The maximum absolute atomic E-state index is 11.9. The molecule has 26 heavy (non-hydrogen) atoms. The van der Waals surface area contributed by atoms with Crippen LogP contribution in [0.2, 0.25) is 0 Å². The fourth-order valence-electron chi connectivity index (χ4n) is 3.16. The van der Waals surface area contributed by atoms with Crippen LogP contribution >= 0.6 is 0 Å². The lowest BCUT2D eigenvalue weighted by atomic mass is 9.74. The number of hydrogen-bond donors (Lipinski definition) is 3. The van der Waals surface area contributed by atoms with E-state index in [0.29, 0.717) is 31.0 Å². The van der Waals surface area contributed by atoms with Crippen LogP contribution in [0, 0.1) is 10.8 Å². The van der Waals surface area contributed by atoms with Crippen molar-refractivity contribution in [1.29, 1.82) is 5.41 Å². The first-order valence-corrected chi connectivity index (χ1v) is 8.48. The molecule has 2 aromatic rings. The van der Waals surface area contributed by atoms with Crippen LogP contribution in [0.5, 0.6) is 0 Å². The van der Waals surface area contributed by atoms with Gasteiger partial charge in [0, 0.05) is 13.1 Å². The molecular weight excluding hydrogens is 330 g/mol. The van der Waals surface area contributed by atoms with Gasteiger partial charge in [-0.25, -0.2) is 9.79 Å². The maximum atomic E-state index is 11.9. The quantitative estimate of drug-likeness (QED) is 0.713. The lowest BCUT2D eigenvalue weighted by Gasteiger charge is -2.35. The zero-order chi connectivity index (χ0) is 18.6. The molecule has 1 aliphatic rings. The van der Waals surface area contributed by atoms with Crippen molar-refractivity contribution >= 4 is 17.5 Å². The Hall–Kier alpha value is -2.99. The van der Waals surface area contributed by atoms with Crippen LogP contribution in [0.1, 0.15) is 24.7 Å². The maximum Gasteiger partial charge on any atom is 0.332 e. The molecule has 1 aromatic carbocycles. The number of dihydropyridines is 1. The van der Waals surface area contributed by atoms with E-state index in [1.54, 1.807) is 12.1 Å². The predicted octanol–water partition coefficient (Wildman–Crippen LogP) is 3.26. The average Bonchev–Trinajstić information content (AvgIpc) is 3.18. The summed E-state index contributed by atoms with van der Waals surface area (Å²) in [5.41, 5.74) is 0.648. The highest BCUT2D eigenvalue weighted by molar-refractivity contribution is 6.20. The van der Waals surface area contributed by atoms with Gasteiger partial charge in [-0.3, -0.25) is 5.41 Å². The number of allylic oxidation sites excluding steroid dienone is 1. The highest BCUT2D eigenvalue weighted by Gasteiger charge is 2.43. The van der Waals surface area contributed by atoms with Crippen LogP contribution in [0.25, 0.3) is 0 Å². The summed E-state index contributed by atoms with van der Waals surface area (Å²) in [4.78, 5) is 16.3.